The van der Waals surface area contributed by atoms with Gasteiger partial charge in [0.2, 0.25) is 0 Å². The van der Waals surface area contributed by atoms with Gasteiger partial charge in [0, 0.05) is 5.41 Å². The highest BCUT2D eigenvalue weighted by atomic mass is 14.2. The van der Waals surface area contributed by atoms with E-state index in [0.29, 0.717) is 0 Å². The Morgan fingerprint density at radius 1 is 1.14 bits per heavy atom. The van der Waals surface area contributed by atoms with Crippen molar-refractivity contribution in [1.29, 1.82) is 0 Å². The van der Waals surface area contributed by atoms with E-state index in [2.05, 4.69) is 63.8 Å². The Morgan fingerprint density at radius 2 is 1.90 bits per heavy atom. The van der Waals surface area contributed by atoms with Crippen LogP contribution in [-0.4, -0.2) is 0 Å². The maximum Gasteiger partial charge on any atom is 0.00694 e. The first-order valence-electron chi connectivity index (χ1n) is 8.72. The van der Waals surface area contributed by atoms with Gasteiger partial charge < -0.3 is 0 Å². The van der Waals surface area contributed by atoms with Crippen LogP contribution in [0.1, 0.15) is 59.3 Å². The van der Waals surface area contributed by atoms with Crippen molar-refractivity contribution in [3.63, 3.8) is 0 Å². The van der Waals surface area contributed by atoms with Crippen LogP contribution < -0.4 is 0 Å². The molecule has 2 rings (SSSR count). The maximum atomic E-state index is 3.95. The summed E-state index contributed by atoms with van der Waals surface area (Å²) in [4.78, 5) is 0. The molecular weight excluding hydrogens is 252 g/mol. The lowest BCUT2D eigenvalue weighted by Crippen LogP contribution is -2.13. The van der Waals surface area contributed by atoms with E-state index in [9.17, 15) is 0 Å². The average molecular weight is 284 g/mol. The highest BCUT2D eigenvalue weighted by molar-refractivity contribution is 5.32. The SMILES string of the molecule is C=CC(C)(C)C1=CCC(CCCC2C=CC(C)CC2)C=C1. The molecule has 0 aromatic rings. The Morgan fingerprint density at radius 3 is 2.48 bits per heavy atom. The predicted octanol–water partition coefficient (Wildman–Crippen LogP) is 6.47. The fraction of sp³-hybridized carbons (Fsp3) is 0.619. The Kier molecular flexibility index (Phi) is 5.67. The average Bonchev–Trinajstić information content (AvgIpc) is 2.50. The van der Waals surface area contributed by atoms with Crippen molar-refractivity contribution in [2.45, 2.75) is 59.3 Å². The second kappa shape index (κ2) is 7.29. The summed E-state index contributed by atoms with van der Waals surface area (Å²) in [6, 6.07) is 0. The first kappa shape index (κ1) is 16.3. The highest BCUT2D eigenvalue weighted by Gasteiger charge is 2.20. The Bertz CT molecular complexity index is 433. The minimum atomic E-state index is 0.116. The van der Waals surface area contributed by atoms with Crippen LogP contribution in [0.15, 0.2) is 48.6 Å². The molecule has 2 aliphatic carbocycles. The first-order chi connectivity index (χ1) is 10.0. The van der Waals surface area contributed by atoms with Gasteiger partial charge in [-0.1, -0.05) is 63.6 Å². The van der Waals surface area contributed by atoms with Crippen LogP contribution in [0.3, 0.4) is 0 Å². The van der Waals surface area contributed by atoms with E-state index in [0.717, 1.165) is 17.8 Å². The van der Waals surface area contributed by atoms with E-state index in [-0.39, 0.29) is 5.41 Å². The number of allylic oxidation sites excluding steroid dienone is 7. The van der Waals surface area contributed by atoms with Crippen molar-refractivity contribution in [3.05, 3.63) is 48.6 Å². The van der Waals surface area contributed by atoms with Crippen LogP contribution in [-0.2, 0) is 0 Å². The zero-order chi connectivity index (χ0) is 15.3. The van der Waals surface area contributed by atoms with Crippen molar-refractivity contribution in [2.24, 2.45) is 23.2 Å². The van der Waals surface area contributed by atoms with Crippen molar-refractivity contribution >= 4 is 0 Å². The van der Waals surface area contributed by atoms with Crippen molar-refractivity contribution in [1.82, 2.24) is 0 Å². The van der Waals surface area contributed by atoms with Crippen LogP contribution in [0.2, 0.25) is 0 Å². The lowest BCUT2D eigenvalue weighted by atomic mass is 9.79. The molecule has 0 radical (unpaired) electrons. The predicted molar refractivity (Wildman–Crippen MR) is 94.2 cm³/mol. The van der Waals surface area contributed by atoms with Crippen LogP contribution >= 0.6 is 0 Å². The topological polar surface area (TPSA) is 0 Å². The van der Waals surface area contributed by atoms with Crippen LogP contribution in [0.4, 0.5) is 0 Å². The Hall–Kier alpha value is -1.04. The Labute approximate surface area is 131 Å². The minimum absolute atomic E-state index is 0.116. The van der Waals surface area contributed by atoms with Crippen molar-refractivity contribution < 1.29 is 0 Å². The van der Waals surface area contributed by atoms with Crippen molar-refractivity contribution in [2.75, 3.05) is 0 Å². The summed E-state index contributed by atoms with van der Waals surface area (Å²) in [5, 5.41) is 0. The molecule has 116 valence electrons. The number of hydrogen-bond donors (Lipinski definition) is 0. The van der Waals surface area contributed by atoms with E-state index >= 15 is 0 Å². The molecule has 0 saturated heterocycles. The second-order valence-corrected chi connectivity index (χ2v) is 7.57. The molecule has 0 spiro atoms. The van der Waals surface area contributed by atoms with Gasteiger partial charge in [0.15, 0.2) is 0 Å². The standard InChI is InChI=1S/C21H32/c1-5-21(3,4)20-15-13-19(14-16-20)8-6-7-18-11-9-17(2)10-12-18/h5,9,11,13,15-19H,1,6-8,10,12,14H2,2-4H3. The second-order valence-electron chi connectivity index (χ2n) is 7.57. The third-order valence-electron chi connectivity index (χ3n) is 5.30. The summed E-state index contributed by atoms with van der Waals surface area (Å²) >= 11 is 0. The molecule has 0 aliphatic heterocycles. The van der Waals surface area contributed by atoms with E-state index in [1.54, 1.807) is 0 Å². The first-order valence-corrected chi connectivity index (χ1v) is 8.72. The van der Waals surface area contributed by atoms with E-state index in [1.165, 1.54) is 44.1 Å². The van der Waals surface area contributed by atoms with Gasteiger partial charge in [-0.15, -0.1) is 6.58 Å². The molecule has 0 aromatic heterocycles. The van der Waals surface area contributed by atoms with Gasteiger partial charge in [0.1, 0.15) is 0 Å². The molecule has 0 bridgehead atoms. The van der Waals surface area contributed by atoms with E-state index in [1.807, 2.05) is 0 Å². The monoisotopic (exact) mass is 284 g/mol. The molecule has 0 amide bonds. The van der Waals surface area contributed by atoms with Gasteiger partial charge in [-0.3, -0.25) is 0 Å². The van der Waals surface area contributed by atoms with Gasteiger partial charge in [-0.05, 0) is 55.4 Å². The summed E-state index contributed by atoms with van der Waals surface area (Å²) in [5.41, 5.74) is 1.54. The Balaban J connectivity index is 1.71. The lowest BCUT2D eigenvalue weighted by molar-refractivity contribution is 0.421. The largest absolute Gasteiger partial charge is 0.102 e. The lowest BCUT2D eigenvalue weighted by Gasteiger charge is -2.26. The third-order valence-corrected chi connectivity index (χ3v) is 5.30. The van der Waals surface area contributed by atoms with E-state index < -0.39 is 0 Å². The zero-order valence-corrected chi connectivity index (χ0v) is 14.1. The van der Waals surface area contributed by atoms with E-state index in [4.69, 9.17) is 0 Å². The fourth-order valence-corrected chi connectivity index (χ4v) is 3.37. The minimum Gasteiger partial charge on any atom is -0.102 e. The normalized spacial score (nSPS) is 29.3. The van der Waals surface area contributed by atoms with Crippen molar-refractivity contribution in [3.8, 4) is 0 Å². The molecule has 3 unspecified atom stereocenters. The van der Waals surface area contributed by atoms with Gasteiger partial charge in [-0.2, -0.15) is 0 Å². The molecule has 21 heavy (non-hydrogen) atoms. The van der Waals surface area contributed by atoms with Gasteiger partial charge in [0.05, 0.1) is 0 Å². The maximum absolute atomic E-state index is 3.95. The van der Waals surface area contributed by atoms with Gasteiger partial charge in [0.25, 0.3) is 0 Å². The van der Waals surface area contributed by atoms with Crippen LogP contribution in [0.25, 0.3) is 0 Å². The van der Waals surface area contributed by atoms with Crippen LogP contribution in [0, 0.1) is 23.2 Å². The molecule has 0 heteroatoms. The highest BCUT2D eigenvalue weighted by Crippen LogP contribution is 2.34. The molecule has 0 fully saturated rings. The van der Waals surface area contributed by atoms with Gasteiger partial charge in [-0.25, -0.2) is 0 Å². The molecule has 0 N–H and O–H groups in total. The smallest absolute Gasteiger partial charge is 0.00694 e. The van der Waals surface area contributed by atoms with Crippen LogP contribution in [0.5, 0.6) is 0 Å². The van der Waals surface area contributed by atoms with Gasteiger partial charge >= 0.3 is 0 Å². The summed E-state index contributed by atoms with van der Waals surface area (Å²) in [6.07, 6.45) is 22.2. The summed E-state index contributed by atoms with van der Waals surface area (Å²) < 4.78 is 0. The molecule has 0 saturated carbocycles. The fourth-order valence-electron chi connectivity index (χ4n) is 3.37. The molecule has 2 aliphatic rings. The molecule has 0 heterocycles. The number of hydrogen-bond acceptors (Lipinski definition) is 0. The molecule has 3 atom stereocenters. The summed E-state index contributed by atoms with van der Waals surface area (Å²) in [5.74, 6) is 2.40. The number of rotatable bonds is 6. The summed E-state index contributed by atoms with van der Waals surface area (Å²) in [6.45, 7) is 10.8. The zero-order valence-electron chi connectivity index (χ0n) is 14.1. The summed E-state index contributed by atoms with van der Waals surface area (Å²) in [7, 11) is 0. The molecule has 0 aromatic carbocycles. The molecular formula is C21H32. The quantitative estimate of drug-likeness (QED) is 0.490. The molecule has 0 nitrogen and oxygen atoms in total. The third kappa shape index (κ3) is 4.73.